The summed E-state index contributed by atoms with van der Waals surface area (Å²) < 4.78 is 5.03. The smallest absolute Gasteiger partial charge is 0.202 e. The summed E-state index contributed by atoms with van der Waals surface area (Å²) in [6, 6.07) is 5.31. The fourth-order valence-corrected chi connectivity index (χ4v) is 1.61. The van der Waals surface area contributed by atoms with E-state index in [2.05, 4.69) is 4.98 Å². The van der Waals surface area contributed by atoms with Gasteiger partial charge in [0.2, 0.25) is 5.88 Å². The molecule has 0 saturated carbocycles. The zero-order valence-corrected chi connectivity index (χ0v) is 8.26. The topological polar surface area (TPSA) is 42.1 Å². The molecule has 14 heavy (non-hydrogen) atoms. The number of ether oxygens (including phenoxy) is 1. The first-order valence-corrected chi connectivity index (χ1v) is 4.44. The van der Waals surface area contributed by atoms with Gasteiger partial charge in [-0.25, -0.2) is 0 Å². The van der Waals surface area contributed by atoms with E-state index >= 15 is 0 Å². The first-order chi connectivity index (χ1) is 6.76. The van der Waals surface area contributed by atoms with Crippen LogP contribution in [0.3, 0.4) is 0 Å². The van der Waals surface area contributed by atoms with Crippen LogP contribution >= 0.6 is 11.6 Å². The lowest BCUT2D eigenvalue weighted by atomic mass is 10.2. The molecule has 2 rings (SSSR count). The van der Waals surface area contributed by atoms with E-state index in [1.165, 1.54) is 7.11 Å². The van der Waals surface area contributed by atoms with E-state index in [0.717, 1.165) is 17.2 Å². The zero-order valence-electron chi connectivity index (χ0n) is 7.50. The number of rotatable bonds is 2. The van der Waals surface area contributed by atoms with Gasteiger partial charge in [-0.05, 0) is 18.2 Å². The van der Waals surface area contributed by atoms with E-state index in [4.69, 9.17) is 16.3 Å². The maximum absolute atomic E-state index is 10.8. The van der Waals surface area contributed by atoms with E-state index in [1.807, 2.05) is 6.07 Å². The van der Waals surface area contributed by atoms with E-state index in [-0.39, 0.29) is 0 Å². The van der Waals surface area contributed by atoms with Crippen molar-refractivity contribution >= 4 is 28.8 Å². The van der Waals surface area contributed by atoms with Crippen molar-refractivity contribution < 1.29 is 9.53 Å². The second-order valence-electron chi connectivity index (χ2n) is 2.88. The SMILES string of the molecule is COc1[nH]c2ccc(Cl)cc2c1C=O. The maximum atomic E-state index is 10.8. The lowest BCUT2D eigenvalue weighted by molar-refractivity contribution is 0.112. The first kappa shape index (κ1) is 9.09. The fraction of sp³-hybridized carbons (Fsp3) is 0.100. The van der Waals surface area contributed by atoms with Crippen LogP contribution < -0.4 is 4.74 Å². The Labute approximate surface area is 85.6 Å². The Bertz CT molecular complexity index is 490. The highest BCUT2D eigenvalue weighted by Crippen LogP contribution is 2.28. The van der Waals surface area contributed by atoms with Crippen molar-refractivity contribution in [2.75, 3.05) is 7.11 Å². The van der Waals surface area contributed by atoms with Crippen LogP contribution in [-0.4, -0.2) is 18.4 Å². The van der Waals surface area contributed by atoms with E-state index < -0.39 is 0 Å². The number of aromatic amines is 1. The molecule has 0 atom stereocenters. The van der Waals surface area contributed by atoms with Crippen molar-refractivity contribution in [1.29, 1.82) is 0 Å². The van der Waals surface area contributed by atoms with Crippen molar-refractivity contribution in [2.45, 2.75) is 0 Å². The second kappa shape index (κ2) is 3.35. The fourth-order valence-electron chi connectivity index (χ4n) is 1.44. The summed E-state index contributed by atoms with van der Waals surface area (Å²) in [4.78, 5) is 13.8. The highest BCUT2D eigenvalue weighted by atomic mass is 35.5. The normalized spacial score (nSPS) is 10.4. The number of hydrogen-bond donors (Lipinski definition) is 1. The molecule has 0 saturated heterocycles. The number of aldehydes is 1. The third kappa shape index (κ3) is 1.26. The molecule has 0 unspecified atom stereocenters. The standard InChI is InChI=1S/C10H8ClNO2/c1-14-10-8(5-13)7-4-6(11)2-3-9(7)12-10/h2-5,12H,1H3. The Hall–Kier alpha value is -1.48. The number of halogens is 1. The van der Waals surface area contributed by atoms with Crippen molar-refractivity contribution in [3.8, 4) is 5.88 Å². The molecule has 0 spiro atoms. The second-order valence-corrected chi connectivity index (χ2v) is 3.32. The number of nitrogens with one attached hydrogen (secondary N) is 1. The number of carbonyl (C=O) groups excluding carboxylic acids is 1. The summed E-state index contributed by atoms with van der Waals surface area (Å²) in [5, 5.41) is 1.38. The first-order valence-electron chi connectivity index (χ1n) is 4.06. The number of benzene rings is 1. The van der Waals surface area contributed by atoms with Crippen LogP contribution in [0.1, 0.15) is 10.4 Å². The molecule has 72 valence electrons. The van der Waals surface area contributed by atoms with Crippen LogP contribution in [0.5, 0.6) is 5.88 Å². The summed E-state index contributed by atoms with van der Waals surface area (Å²) in [5.74, 6) is 0.470. The van der Waals surface area contributed by atoms with Crippen LogP contribution in [0.4, 0.5) is 0 Å². The summed E-state index contributed by atoms with van der Waals surface area (Å²) in [5.41, 5.74) is 1.35. The van der Waals surface area contributed by atoms with Gasteiger partial charge in [0.25, 0.3) is 0 Å². The van der Waals surface area contributed by atoms with Crippen LogP contribution in [0, 0.1) is 0 Å². The average molecular weight is 210 g/mol. The van der Waals surface area contributed by atoms with Crippen molar-refractivity contribution in [1.82, 2.24) is 4.98 Å². The Morgan fingerprint density at radius 2 is 2.29 bits per heavy atom. The van der Waals surface area contributed by atoms with Gasteiger partial charge < -0.3 is 9.72 Å². The number of H-pyrrole nitrogens is 1. The van der Waals surface area contributed by atoms with E-state index in [1.54, 1.807) is 12.1 Å². The molecule has 0 aliphatic rings. The number of carbonyl (C=O) groups is 1. The van der Waals surface area contributed by atoms with Gasteiger partial charge in [-0.15, -0.1) is 0 Å². The van der Waals surface area contributed by atoms with Crippen molar-refractivity contribution in [3.63, 3.8) is 0 Å². The lowest BCUT2D eigenvalue weighted by Crippen LogP contribution is -1.86. The van der Waals surface area contributed by atoms with Crippen LogP contribution in [0.2, 0.25) is 5.02 Å². The largest absolute Gasteiger partial charge is 0.482 e. The van der Waals surface area contributed by atoms with Crippen molar-refractivity contribution in [2.24, 2.45) is 0 Å². The number of methoxy groups -OCH3 is 1. The number of fused-ring (bicyclic) bond motifs is 1. The Balaban J connectivity index is 2.81. The maximum Gasteiger partial charge on any atom is 0.202 e. The molecule has 1 heterocycles. The molecule has 0 amide bonds. The molecule has 2 aromatic rings. The molecular formula is C10H8ClNO2. The minimum absolute atomic E-state index is 0.470. The molecule has 0 aliphatic carbocycles. The Morgan fingerprint density at radius 1 is 1.50 bits per heavy atom. The summed E-state index contributed by atoms with van der Waals surface area (Å²) >= 11 is 5.83. The zero-order chi connectivity index (χ0) is 10.1. The van der Waals surface area contributed by atoms with Crippen LogP contribution in [0.15, 0.2) is 18.2 Å². The minimum Gasteiger partial charge on any atom is -0.482 e. The molecule has 0 aliphatic heterocycles. The van der Waals surface area contributed by atoms with Gasteiger partial charge in [0.1, 0.15) is 0 Å². The molecule has 1 N–H and O–H groups in total. The third-order valence-electron chi connectivity index (χ3n) is 2.09. The average Bonchev–Trinajstić information content (AvgIpc) is 2.54. The van der Waals surface area contributed by atoms with Gasteiger partial charge in [-0.1, -0.05) is 11.6 Å². The number of aromatic nitrogens is 1. The summed E-state index contributed by atoms with van der Waals surface area (Å²) in [7, 11) is 1.51. The Kier molecular flexibility index (Phi) is 2.17. The van der Waals surface area contributed by atoms with Gasteiger partial charge in [0.15, 0.2) is 6.29 Å². The monoisotopic (exact) mass is 209 g/mol. The molecule has 0 radical (unpaired) electrons. The van der Waals surface area contributed by atoms with Gasteiger partial charge >= 0.3 is 0 Å². The molecule has 4 heteroatoms. The summed E-state index contributed by atoms with van der Waals surface area (Å²) in [6.07, 6.45) is 0.758. The lowest BCUT2D eigenvalue weighted by Gasteiger charge is -1.93. The van der Waals surface area contributed by atoms with Crippen molar-refractivity contribution in [3.05, 3.63) is 28.8 Å². The predicted octanol–water partition coefficient (Wildman–Crippen LogP) is 2.64. The quantitative estimate of drug-likeness (QED) is 0.773. The van der Waals surface area contributed by atoms with E-state index in [9.17, 15) is 4.79 Å². The Morgan fingerprint density at radius 3 is 2.93 bits per heavy atom. The third-order valence-corrected chi connectivity index (χ3v) is 2.32. The van der Waals surface area contributed by atoms with Gasteiger partial charge in [0, 0.05) is 15.9 Å². The molecule has 3 nitrogen and oxygen atoms in total. The predicted molar refractivity (Wildman–Crippen MR) is 55.2 cm³/mol. The number of hydrogen-bond acceptors (Lipinski definition) is 2. The van der Waals surface area contributed by atoms with Crippen LogP contribution in [-0.2, 0) is 0 Å². The van der Waals surface area contributed by atoms with Crippen LogP contribution in [0.25, 0.3) is 10.9 Å². The highest BCUT2D eigenvalue weighted by Gasteiger charge is 2.10. The van der Waals surface area contributed by atoms with Gasteiger partial charge in [-0.2, -0.15) is 0 Å². The van der Waals surface area contributed by atoms with Gasteiger partial charge in [0.05, 0.1) is 12.7 Å². The molecular weight excluding hydrogens is 202 g/mol. The molecule has 0 fully saturated rings. The molecule has 1 aromatic heterocycles. The molecule has 1 aromatic carbocycles. The minimum atomic E-state index is 0.470. The summed E-state index contributed by atoms with van der Waals surface area (Å²) in [6.45, 7) is 0. The molecule has 0 bridgehead atoms. The van der Waals surface area contributed by atoms with E-state index in [0.29, 0.717) is 16.5 Å². The van der Waals surface area contributed by atoms with Gasteiger partial charge in [-0.3, -0.25) is 4.79 Å². The highest BCUT2D eigenvalue weighted by molar-refractivity contribution is 6.31.